The van der Waals surface area contributed by atoms with Crippen LogP contribution in [0.1, 0.15) is 61.7 Å². The number of hydrogen-bond donors (Lipinski definition) is 0. The van der Waals surface area contributed by atoms with Gasteiger partial charge in [0.2, 0.25) is 12.7 Å². The van der Waals surface area contributed by atoms with Gasteiger partial charge < -0.3 is 38.2 Å². The standard InChI is InChI=1S/C40H44FN3O9/c1-24(2)34-38(46)42(22-25-8-14-28(48-5)15-9-25)18-16-30-36-35(52-40(3,4)53-36)29-20-32-33(51-23-50-32)21-31(29)44(30)39(47)49-19-7-6-17-43(34)37(45)26-10-12-27(41)13-11-26/h6-15,20-21,24,30,34-36H,16-19,22-23H2,1-5H3/b7-6+/t30-,34-,35-,36-/m0/s1. The van der Waals surface area contributed by atoms with Crippen molar-refractivity contribution in [3.8, 4) is 17.2 Å². The van der Waals surface area contributed by atoms with Crippen molar-refractivity contribution in [3.05, 3.63) is 95.3 Å². The number of ether oxygens (including phenoxy) is 6. The summed E-state index contributed by atoms with van der Waals surface area (Å²) < 4.78 is 49.5. The summed E-state index contributed by atoms with van der Waals surface area (Å²) in [4.78, 5) is 48.1. The molecule has 1 fully saturated rings. The lowest BCUT2D eigenvalue weighted by molar-refractivity contribution is -0.148. The molecule has 1 saturated heterocycles. The SMILES string of the molecule is COc1ccc(CN2CC[C@H]3[C@@H]4OC(C)(C)O[C@H]4c4cc5c(cc4N3C(=O)OC/C=C/CN(C(=O)c3ccc(F)cc3)[C@@H](C(C)C)C2=O)OCO5)cc1. The van der Waals surface area contributed by atoms with Crippen molar-refractivity contribution >= 4 is 23.6 Å². The molecule has 3 aromatic carbocycles. The van der Waals surface area contributed by atoms with Crippen LogP contribution in [0.15, 0.2) is 72.8 Å². The molecule has 280 valence electrons. The van der Waals surface area contributed by atoms with Crippen molar-refractivity contribution in [1.82, 2.24) is 9.80 Å². The third kappa shape index (κ3) is 7.27. The highest BCUT2D eigenvalue weighted by Gasteiger charge is 2.54. The number of methoxy groups -OCH3 is 1. The Balaban J connectivity index is 1.31. The van der Waals surface area contributed by atoms with Crippen LogP contribution in [0.2, 0.25) is 0 Å². The molecule has 4 heterocycles. The van der Waals surface area contributed by atoms with Crippen LogP contribution in [-0.2, 0) is 25.5 Å². The van der Waals surface area contributed by atoms with Gasteiger partial charge >= 0.3 is 6.09 Å². The molecule has 3 amide bonds. The average Bonchev–Trinajstić information content (AvgIpc) is 3.73. The first-order valence-corrected chi connectivity index (χ1v) is 17.8. The first-order valence-electron chi connectivity index (χ1n) is 17.8. The fourth-order valence-electron chi connectivity index (χ4n) is 7.55. The fourth-order valence-corrected chi connectivity index (χ4v) is 7.55. The van der Waals surface area contributed by atoms with E-state index in [9.17, 15) is 18.8 Å². The Hall–Kier alpha value is -5.14. The minimum absolute atomic E-state index is 0.0430. The van der Waals surface area contributed by atoms with Gasteiger partial charge in [0, 0.05) is 36.8 Å². The van der Waals surface area contributed by atoms with Crippen molar-refractivity contribution in [2.75, 3.05) is 38.5 Å². The van der Waals surface area contributed by atoms with Crippen molar-refractivity contribution in [2.24, 2.45) is 5.92 Å². The summed E-state index contributed by atoms with van der Waals surface area (Å²) in [5.41, 5.74) is 2.34. The zero-order valence-electron chi connectivity index (χ0n) is 30.5. The van der Waals surface area contributed by atoms with Crippen LogP contribution in [0.25, 0.3) is 0 Å². The summed E-state index contributed by atoms with van der Waals surface area (Å²) in [5, 5.41) is 0. The van der Waals surface area contributed by atoms with Crippen molar-refractivity contribution in [2.45, 2.75) is 70.7 Å². The Morgan fingerprint density at radius 3 is 2.38 bits per heavy atom. The van der Waals surface area contributed by atoms with Crippen LogP contribution in [0.3, 0.4) is 0 Å². The molecule has 0 saturated carbocycles. The molecule has 0 aromatic heterocycles. The zero-order valence-corrected chi connectivity index (χ0v) is 30.5. The van der Waals surface area contributed by atoms with Gasteiger partial charge in [0.1, 0.15) is 36.4 Å². The van der Waals surface area contributed by atoms with Gasteiger partial charge in [-0.15, -0.1) is 0 Å². The van der Waals surface area contributed by atoms with Gasteiger partial charge in [-0.3, -0.25) is 14.5 Å². The molecule has 4 atom stereocenters. The van der Waals surface area contributed by atoms with E-state index in [1.54, 1.807) is 35.1 Å². The summed E-state index contributed by atoms with van der Waals surface area (Å²) in [6, 6.07) is 14.8. The molecule has 0 aliphatic carbocycles. The Bertz CT molecular complexity index is 1880. The number of rotatable bonds is 5. The number of benzene rings is 3. The summed E-state index contributed by atoms with van der Waals surface area (Å²) in [6.07, 6.45) is 1.83. The second kappa shape index (κ2) is 14.7. The number of amides is 3. The molecule has 0 spiro atoms. The predicted octanol–water partition coefficient (Wildman–Crippen LogP) is 6.24. The number of cyclic esters (lactones) is 1. The van der Waals surface area contributed by atoms with E-state index in [-0.39, 0.29) is 56.8 Å². The smallest absolute Gasteiger partial charge is 0.414 e. The van der Waals surface area contributed by atoms with E-state index in [0.29, 0.717) is 28.5 Å². The Labute approximate surface area is 307 Å². The Morgan fingerprint density at radius 2 is 1.68 bits per heavy atom. The maximum atomic E-state index is 15.0. The highest BCUT2D eigenvalue weighted by Crippen LogP contribution is 2.52. The van der Waals surface area contributed by atoms with Gasteiger partial charge in [0.25, 0.3) is 5.91 Å². The van der Waals surface area contributed by atoms with Crippen LogP contribution in [0.5, 0.6) is 17.2 Å². The van der Waals surface area contributed by atoms with Gasteiger partial charge in [-0.1, -0.05) is 32.1 Å². The molecule has 0 radical (unpaired) electrons. The van der Waals surface area contributed by atoms with E-state index in [2.05, 4.69) is 0 Å². The highest BCUT2D eigenvalue weighted by atomic mass is 19.1. The normalized spacial score (nSPS) is 24.5. The molecule has 12 nitrogen and oxygen atoms in total. The van der Waals surface area contributed by atoms with Gasteiger partial charge in [-0.05, 0) is 80.3 Å². The second-order valence-electron chi connectivity index (χ2n) is 14.3. The zero-order chi connectivity index (χ0) is 37.4. The summed E-state index contributed by atoms with van der Waals surface area (Å²) in [7, 11) is 1.59. The van der Waals surface area contributed by atoms with Crippen molar-refractivity contribution in [3.63, 3.8) is 0 Å². The van der Waals surface area contributed by atoms with Crippen molar-refractivity contribution < 1.29 is 47.2 Å². The number of hydrogen-bond acceptors (Lipinski definition) is 9. The van der Waals surface area contributed by atoms with E-state index >= 15 is 0 Å². The topological polar surface area (TPSA) is 116 Å². The number of nitrogens with zero attached hydrogens (tertiary/aromatic N) is 3. The second-order valence-corrected chi connectivity index (χ2v) is 14.3. The van der Waals surface area contributed by atoms with E-state index in [1.165, 1.54) is 29.2 Å². The van der Waals surface area contributed by atoms with Gasteiger partial charge in [-0.25, -0.2) is 9.18 Å². The van der Waals surface area contributed by atoms with E-state index in [0.717, 1.165) is 5.56 Å². The van der Waals surface area contributed by atoms with Gasteiger partial charge in [0.15, 0.2) is 17.3 Å². The maximum Gasteiger partial charge on any atom is 0.414 e. The third-order valence-corrected chi connectivity index (χ3v) is 10.0. The molecule has 4 aliphatic rings. The van der Waals surface area contributed by atoms with Gasteiger partial charge in [-0.2, -0.15) is 0 Å². The number of carbonyl (C=O) groups excluding carboxylic acids is 3. The third-order valence-electron chi connectivity index (χ3n) is 10.0. The molecular formula is C40H44FN3O9. The first-order chi connectivity index (χ1) is 25.4. The highest BCUT2D eigenvalue weighted by molar-refractivity contribution is 5.98. The average molecular weight is 730 g/mol. The van der Waals surface area contributed by atoms with E-state index in [1.807, 2.05) is 58.0 Å². The Morgan fingerprint density at radius 1 is 0.962 bits per heavy atom. The van der Waals surface area contributed by atoms with Crippen LogP contribution in [0, 0.1) is 11.7 Å². The van der Waals surface area contributed by atoms with Crippen LogP contribution >= 0.6 is 0 Å². The predicted molar refractivity (Wildman–Crippen MR) is 191 cm³/mol. The molecule has 53 heavy (non-hydrogen) atoms. The maximum absolute atomic E-state index is 15.0. The fraction of sp³-hybridized carbons (Fsp3) is 0.425. The minimum atomic E-state index is -0.979. The minimum Gasteiger partial charge on any atom is -0.497 e. The molecule has 0 N–H and O–H groups in total. The van der Waals surface area contributed by atoms with E-state index in [4.69, 9.17) is 28.4 Å². The molecular weight excluding hydrogens is 685 g/mol. The van der Waals surface area contributed by atoms with E-state index < -0.39 is 47.9 Å². The Kier molecular flexibility index (Phi) is 10.1. The largest absolute Gasteiger partial charge is 0.497 e. The lowest BCUT2D eigenvalue weighted by atomic mass is 9.88. The number of fused-ring (bicyclic) bond motifs is 7. The van der Waals surface area contributed by atoms with Gasteiger partial charge in [0.05, 0.1) is 18.8 Å². The lowest BCUT2D eigenvalue weighted by Crippen LogP contribution is -2.56. The van der Waals surface area contributed by atoms with Crippen LogP contribution in [0.4, 0.5) is 14.9 Å². The quantitative estimate of drug-likeness (QED) is 0.282. The summed E-state index contributed by atoms with van der Waals surface area (Å²) in [5.74, 6) is -0.741. The molecule has 0 bridgehead atoms. The molecule has 4 aliphatic heterocycles. The van der Waals surface area contributed by atoms with Crippen molar-refractivity contribution in [1.29, 1.82) is 0 Å². The molecule has 7 rings (SSSR count). The summed E-state index contributed by atoms with van der Waals surface area (Å²) in [6.45, 7) is 7.84. The number of halogens is 1. The summed E-state index contributed by atoms with van der Waals surface area (Å²) >= 11 is 0. The monoisotopic (exact) mass is 729 g/mol. The molecule has 13 heteroatoms. The first kappa shape index (κ1) is 36.2. The number of anilines is 1. The molecule has 3 aromatic rings. The molecule has 0 unspecified atom stereocenters. The lowest BCUT2D eigenvalue weighted by Gasteiger charge is -2.43. The van der Waals surface area contributed by atoms with Crippen LogP contribution in [-0.4, -0.2) is 85.3 Å². The van der Waals surface area contributed by atoms with Crippen LogP contribution < -0.4 is 19.1 Å². The number of carbonyl (C=O) groups is 3.